The number of halogens is 3. The van der Waals surface area contributed by atoms with Gasteiger partial charge in [0.2, 0.25) is 0 Å². The molecule has 0 aliphatic heterocycles. The minimum atomic E-state index is -4.65. The molecule has 0 N–H and O–H groups in total. The van der Waals surface area contributed by atoms with Gasteiger partial charge in [0.05, 0.1) is 6.61 Å². The molecule has 0 atom stereocenters. The van der Waals surface area contributed by atoms with Gasteiger partial charge in [-0.05, 0) is 0 Å². The van der Waals surface area contributed by atoms with Crippen LogP contribution in [0.2, 0.25) is 0 Å². The van der Waals surface area contributed by atoms with Gasteiger partial charge in [0, 0.05) is 7.11 Å². The first-order chi connectivity index (χ1) is 5.56. The van der Waals surface area contributed by atoms with Crippen LogP contribution in [0.3, 0.4) is 0 Å². The minimum Gasteiger partial charge on any atom is -0.496 e. The summed E-state index contributed by atoms with van der Waals surface area (Å²) < 4.78 is 46.2. The molecule has 72 valence electrons. The predicted molar refractivity (Wildman–Crippen MR) is 34.1 cm³/mol. The Labute approximate surface area is 67.7 Å². The zero-order valence-corrected chi connectivity index (χ0v) is 6.43. The molecule has 0 saturated carbocycles. The molecule has 0 aromatic heterocycles. The molecule has 0 spiro atoms. The highest BCUT2D eigenvalue weighted by molar-refractivity contribution is 4.61. The summed E-state index contributed by atoms with van der Waals surface area (Å²) in [5.41, 5.74) is 0. The second-order valence-corrected chi connectivity index (χ2v) is 1.70. The van der Waals surface area contributed by atoms with Gasteiger partial charge in [0.1, 0.15) is 19.1 Å². The highest BCUT2D eigenvalue weighted by atomic mass is 19.4. The molecule has 0 unspecified atom stereocenters. The Balaban J connectivity index is 3.26. The fraction of sp³-hybridized carbons (Fsp3) is 0.667. The van der Waals surface area contributed by atoms with E-state index < -0.39 is 6.36 Å². The van der Waals surface area contributed by atoms with E-state index in [1.165, 1.54) is 7.11 Å². The normalized spacial score (nSPS) is 12.0. The maximum atomic E-state index is 11.3. The Morgan fingerprint density at radius 3 is 2.33 bits per heavy atom. The van der Waals surface area contributed by atoms with Crippen LogP contribution in [0.1, 0.15) is 0 Å². The van der Waals surface area contributed by atoms with Gasteiger partial charge in [0.25, 0.3) is 0 Å². The molecule has 0 amide bonds. The van der Waals surface area contributed by atoms with Crippen molar-refractivity contribution >= 4 is 0 Å². The summed E-state index contributed by atoms with van der Waals surface area (Å²) in [5.74, 6) is 0. The third-order valence-corrected chi connectivity index (χ3v) is 0.759. The maximum absolute atomic E-state index is 11.3. The number of hydrogen-bond acceptors (Lipinski definition) is 3. The number of hydrogen-bond donors (Lipinski definition) is 0. The fourth-order valence-corrected chi connectivity index (χ4v) is 0.344. The average molecular weight is 186 g/mol. The first-order valence-electron chi connectivity index (χ1n) is 3.06. The molecule has 0 radical (unpaired) electrons. The molecule has 6 heteroatoms. The van der Waals surface area contributed by atoms with Crippen LogP contribution in [-0.2, 0) is 14.2 Å². The summed E-state index contributed by atoms with van der Waals surface area (Å²) in [7, 11) is 1.46. The van der Waals surface area contributed by atoms with Crippen molar-refractivity contribution in [2.24, 2.45) is 0 Å². The van der Waals surface area contributed by atoms with E-state index in [4.69, 9.17) is 0 Å². The van der Waals surface area contributed by atoms with Gasteiger partial charge in [-0.25, -0.2) is 0 Å². The zero-order valence-electron chi connectivity index (χ0n) is 6.43. The first kappa shape index (κ1) is 11.1. The zero-order chi connectivity index (χ0) is 9.45. The van der Waals surface area contributed by atoms with Crippen LogP contribution < -0.4 is 0 Å². The van der Waals surface area contributed by atoms with E-state index in [9.17, 15) is 13.2 Å². The van der Waals surface area contributed by atoms with E-state index in [-0.39, 0.29) is 6.61 Å². The van der Waals surface area contributed by atoms with Crippen molar-refractivity contribution < 1.29 is 27.4 Å². The van der Waals surface area contributed by atoms with Crippen molar-refractivity contribution in [3.8, 4) is 0 Å². The van der Waals surface area contributed by atoms with Gasteiger partial charge in [-0.15, -0.1) is 13.2 Å². The third kappa shape index (κ3) is 9.09. The molecule has 0 aliphatic rings. The molecule has 0 bridgehead atoms. The van der Waals surface area contributed by atoms with E-state index >= 15 is 0 Å². The molecular formula is C6H9F3O3. The average Bonchev–Trinajstić information content (AvgIpc) is 1.94. The summed E-state index contributed by atoms with van der Waals surface area (Å²) in [6, 6.07) is 0. The lowest BCUT2D eigenvalue weighted by molar-refractivity contribution is -0.298. The highest BCUT2D eigenvalue weighted by Crippen LogP contribution is 2.15. The smallest absolute Gasteiger partial charge is 0.496 e. The Hall–Kier alpha value is -0.910. The van der Waals surface area contributed by atoms with Crippen molar-refractivity contribution in [1.82, 2.24) is 0 Å². The second kappa shape index (κ2) is 5.70. The van der Waals surface area contributed by atoms with Crippen LogP contribution in [-0.4, -0.2) is 26.7 Å². The monoisotopic (exact) mass is 186 g/mol. The van der Waals surface area contributed by atoms with Gasteiger partial charge in [-0.3, -0.25) is 0 Å². The van der Waals surface area contributed by atoms with E-state index in [0.717, 1.165) is 6.26 Å². The van der Waals surface area contributed by atoms with E-state index in [1.54, 1.807) is 0 Å². The first-order valence-corrected chi connectivity index (χ1v) is 3.06. The molecule has 0 fully saturated rings. The molecule has 0 heterocycles. The number of methoxy groups -OCH3 is 1. The lowest BCUT2D eigenvalue weighted by Crippen LogP contribution is -2.08. The molecule has 0 aromatic rings. The van der Waals surface area contributed by atoms with Crippen LogP contribution in [0.5, 0.6) is 0 Å². The summed E-state index contributed by atoms with van der Waals surface area (Å²) in [4.78, 5) is 0. The molecule has 3 nitrogen and oxygen atoms in total. The maximum Gasteiger partial charge on any atom is 0.572 e. The molecule has 0 saturated heterocycles. The van der Waals surface area contributed by atoms with Gasteiger partial charge in [-0.2, -0.15) is 0 Å². The van der Waals surface area contributed by atoms with Gasteiger partial charge in [-0.1, -0.05) is 0 Å². The van der Waals surface area contributed by atoms with Crippen LogP contribution in [0.4, 0.5) is 13.2 Å². The highest BCUT2D eigenvalue weighted by Gasteiger charge is 2.28. The summed E-state index contributed by atoms with van der Waals surface area (Å²) in [5, 5.41) is 0. The quantitative estimate of drug-likeness (QED) is 0.482. The third-order valence-electron chi connectivity index (χ3n) is 0.759. The standard InChI is InChI=1S/C6H9F3O3/c1-10-2-3-11-4-5-12-6(7,8)9/h4-5H,2-3H2,1H3/b5-4+. The molecule has 0 rings (SSSR count). The van der Waals surface area contributed by atoms with Crippen LogP contribution in [0.15, 0.2) is 12.5 Å². The number of ether oxygens (including phenoxy) is 3. The second-order valence-electron chi connectivity index (χ2n) is 1.70. The van der Waals surface area contributed by atoms with Gasteiger partial charge in [0.15, 0.2) is 0 Å². The van der Waals surface area contributed by atoms with Crippen molar-refractivity contribution in [3.63, 3.8) is 0 Å². The molecule has 0 aliphatic carbocycles. The van der Waals surface area contributed by atoms with E-state index in [2.05, 4.69) is 14.2 Å². The Kier molecular flexibility index (Phi) is 5.27. The Bertz CT molecular complexity index is 132. The van der Waals surface area contributed by atoms with Crippen LogP contribution >= 0.6 is 0 Å². The van der Waals surface area contributed by atoms with Crippen molar-refractivity contribution in [3.05, 3.63) is 12.5 Å². The fourth-order valence-electron chi connectivity index (χ4n) is 0.344. The van der Waals surface area contributed by atoms with Crippen molar-refractivity contribution in [1.29, 1.82) is 0 Å². The summed E-state index contributed by atoms with van der Waals surface area (Å²) >= 11 is 0. The van der Waals surface area contributed by atoms with Crippen molar-refractivity contribution in [2.45, 2.75) is 6.36 Å². The Morgan fingerprint density at radius 2 is 1.83 bits per heavy atom. The number of alkyl halides is 3. The Morgan fingerprint density at radius 1 is 1.17 bits per heavy atom. The summed E-state index contributed by atoms with van der Waals surface area (Å²) in [6.07, 6.45) is -3.41. The molecule has 0 aromatic carbocycles. The topological polar surface area (TPSA) is 27.7 Å². The number of rotatable bonds is 5. The van der Waals surface area contributed by atoms with Gasteiger partial charge >= 0.3 is 6.36 Å². The van der Waals surface area contributed by atoms with Crippen LogP contribution in [0, 0.1) is 0 Å². The predicted octanol–water partition coefficient (Wildman–Crippen LogP) is 1.66. The summed E-state index contributed by atoms with van der Waals surface area (Å²) in [6.45, 7) is 0.505. The van der Waals surface area contributed by atoms with Crippen LogP contribution in [0.25, 0.3) is 0 Å². The van der Waals surface area contributed by atoms with Gasteiger partial charge < -0.3 is 14.2 Å². The molecule has 12 heavy (non-hydrogen) atoms. The SMILES string of the molecule is COCCO/C=C/OC(F)(F)F. The van der Waals surface area contributed by atoms with E-state index in [0.29, 0.717) is 12.9 Å². The van der Waals surface area contributed by atoms with E-state index in [1.807, 2.05) is 0 Å². The lowest BCUT2D eigenvalue weighted by atomic mass is 10.8. The van der Waals surface area contributed by atoms with Crippen molar-refractivity contribution in [2.75, 3.05) is 20.3 Å². The lowest BCUT2D eigenvalue weighted by Gasteiger charge is -2.03. The minimum absolute atomic E-state index is 0.189. The molecular weight excluding hydrogens is 177 g/mol. The largest absolute Gasteiger partial charge is 0.572 e.